The highest BCUT2D eigenvalue weighted by atomic mass is 79.9. The van der Waals surface area contributed by atoms with Gasteiger partial charge in [-0.15, -0.1) is 0 Å². The molecule has 0 N–H and O–H groups in total. The highest BCUT2D eigenvalue weighted by molar-refractivity contribution is 9.10. The third kappa shape index (κ3) is 3.62. The van der Waals surface area contributed by atoms with Crippen molar-refractivity contribution in [1.29, 1.82) is 0 Å². The van der Waals surface area contributed by atoms with Crippen LogP contribution in [0.1, 0.15) is 15.9 Å². The number of halogens is 3. The van der Waals surface area contributed by atoms with Crippen molar-refractivity contribution >= 4 is 49.4 Å². The molecule has 0 spiro atoms. The van der Waals surface area contributed by atoms with Crippen molar-refractivity contribution in [2.75, 3.05) is 7.05 Å². The van der Waals surface area contributed by atoms with E-state index < -0.39 is 0 Å². The lowest BCUT2D eigenvalue weighted by atomic mass is 10.1. The molecular formula is C15H12Br2ClNO. The van der Waals surface area contributed by atoms with Gasteiger partial charge in [-0.1, -0.05) is 61.7 Å². The maximum atomic E-state index is 12.4. The van der Waals surface area contributed by atoms with Gasteiger partial charge >= 0.3 is 0 Å². The number of rotatable bonds is 3. The van der Waals surface area contributed by atoms with Crippen molar-refractivity contribution in [2.24, 2.45) is 0 Å². The first kappa shape index (κ1) is 15.5. The van der Waals surface area contributed by atoms with Gasteiger partial charge in [0.2, 0.25) is 0 Å². The minimum atomic E-state index is -0.0988. The van der Waals surface area contributed by atoms with E-state index in [4.69, 9.17) is 11.6 Å². The second-order valence-corrected chi connectivity index (χ2v) is 6.55. The van der Waals surface area contributed by atoms with E-state index in [1.54, 1.807) is 24.1 Å². The van der Waals surface area contributed by atoms with Crippen LogP contribution in [-0.4, -0.2) is 17.9 Å². The van der Waals surface area contributed by atoms with Crippen LogP contribution in [-0.2, 0) is 6.54 Å². The van der Waals surface area contributed by atoms with Gasteiger partial charge in [0, 0.05) is 22.5 Å². The highest BCUT2D eigenvalue weighted by Gasteiger charge is 2.16. The van der Waals surface area contributed by atoms with Crippen molar-refractivity contribution < 1.29 is 4.79 Å². The second kappa shape index (κ2) is 6.74. The molecule has 104 valence electrons. The van der Waals surface area contributed by atoms with Crippen LogP contribution in [0, 0.1) is 0 Å². The number of nitrogens with zero attached hydrogens (tertiary/aromatic N) is 1. The molecule has 0 radical (unpaired) electrons. The SMILES string of the molecule is CN(Cc1ccccc1Br)C(=O)c1ccc(Br)cc1Cl. The van der Waals surface area contributed by atoms with Gasteiger partial charge in [-0.25, -0.2) is 0 Å². The quantitative estimate of drug-likeness (QED) is 0.677. The van der Waals surface area contributed by atoms with Gasteiger partial charge in [-0.05, 0) is 29.8 Å². The van der Waals surface area contributed by atoms with Crippen LogP contribution in [0.2, 0.25) is 5.02 Å². The van der Waals surface area contributed by atoms with Gasteiger partial charge in [0.1, 0.15) is 0 Å². The lowest BCUT2D eigenvalue weighted by molar-refractivity contribution is 0.0785. The summed E-state index contributed by atoms with van der Waals surface area (Å²) in [6.07, 6.45) is 0. The highest BCUT2D eigenvalue weighted by Crippen LogP contribution is 2.24. The van der Waals surface area contributed by atoms with E-state index in [9.17, 15) is 4.79 Å². The predicted molar refractivity (Wildman–Crippen MR) is 89.1 cm³/mol. The van der Waals surface area contributed by atoms with Crippen LogP contribution in [0.4, 0.5) is 0 Å². The zero-order valence-corrected chi connectivity index (χ0v) is 14.7. The Hall–Kier alpha value is -0.840. The van der Waals surface area contributed by atoms with Gasteiger partial charge in [-0.2, -0.15) is 0 Å². The standard InChI is InChI=1S/C15H12Br2ClNO/c1-19(9-10-4-2-3-5-13(10)17)15(20)12-7-6-11(16)8-14(12)18/h2-8H,9H2,1H3. The van der Waals surface area contributed by atoms with Crippen LogP contribution in [0.5, 0.6) is 0 Å². The average Bonchev–Trinajstić information content (AvgIpc) is 2.40. The third-order valence-corrected chi connectivity index (χ3v) is 4.45. The third-order valence-electron chi connectivity index (χ3n) is 2.87. The molecule has 2 aromatic carbocycles. The molecule has 0 saturated carbocycles. The number of hydrogen-bond acceptors (Lipinski definition) is 1. The normalized spacial score (nSPS) is 10.4. The van der Waals surface area contributed by atoms with Crippen molar-refractivity contribution in [3.05, 3.63) is 67.6 Å². The van der Waals surface area contributed by atoms with Gasteiger partial charge in [-0.3, -0.25) is 4.79 Å². The summed E-state index contributed by atoms with van der Waals surface area (Å²) in [6.45, 7) is 0.520. The number of carbonyl (C=O) groups is 1. The first-order valence-corrected chi connectivity index (χ1v) is 7.89. The average molecular weight is 418 g/mol. The second-order valence-electron chi connectivity index (χ2n) is 4.38. The summed E-state index contributed by atoms with van der Waals surface area (Å²) in [7, 11) is 1.76. The molecule has 0 atom stereocenters. The predicted octanol–water partition coefficient (Wildman–Crippen LogP) is 5.14. The maximum Gasteiger partial charge on any atom is 0.255 e. The molecule has 0 aliphatic carbocycles. The Morgan fingerprint density at radius 2 is 1.90 bits per heavy atom. The molecular weight excluding hydrogens is 405 g/mol. The molecule has 0 saturated heterocycles. The summed E-state index contributed by atoms with van der Waals surface area (Å²) in [5, 5.41) is 0.448. The first-order valence-electron chi connectivity index (χ1n) is 5.93. The Balaban J connectivity index is 2.19. The van der Waals surface area contributed by atoms with Crippen LogP contribution >= 0.6 is 43.5 Å². The largest absolute Gasteiger partial charge is 0.337 e. The molecule has 0 unspecified atom stereocenters. The fourth-order valence-corrected chi connectivity index (χ4v) is 2.99. The van der Waals surface area contributed by atoms with Crippen molar-refractivity contribution in [3.63, 3.8) is 0 Å². The summed E-state index contributed by atoms with van der Waals surface area (Å²) in [5.74, 6) is -0.0988. The van der Waals surface area contributed by atoms with E-state index in [2.05, 4.69) is 31.9 Å². The molecule has 0 bridgehead atoms. The van der Waals surface area contributed by atoms with E-state index in [0.29, 0.717) is 17.1 Å². The molecule has 0 aliphatic heterocycles. The van der Waals surface area contributed by atoms with E-state index in [1.165, 1.54) is 0 Å². The van der Waals surface area contributed by atoms with Gasteiger partial charge in [0.25, 0.3) is 5.91 Å². The Labute approximate surface area is 140 Å². The monoisotopic (exact) mass is 415 g/mol. The van der Waals surface area contributed by atoms with E-state index >= 15 is 0 Å². The Morgan fingerprint density at radius 1 is 1.20 bits per heavy atom. The number of hydrogen-bond donors (Lipinski definition) is 0. The topological polar surface area (TPSA) is 20.3 Å². The molecule has 2 nitrogen and oxygen atoms in total. The van der Waals surface area contributed by atoms with Crippen LogP contribution in [0.3, 0.4) is 0 Å². The van der Waals surface area contributed by atoms with Crippen LogP contribution in [0.15, 0.2) is 51.4 Å². The Kier molecular flexibility index (Phi) is 5.24. The minimum Gasteiger partial charge on any atom is -0.337 e. The summed E-state index contributed by atoms with van der Waals surface area (Å²) in [4.78, 5) is 14.1. The van der Waals surface area contributed by atoms with E-state index in [1.807, 2.05) is 30.3 Å². The fraction of sp³-hybridized carbons (Fsp3) is 0.133. The number of carbonyl (C=O) groups excluding carboxylic acids is 1. The Morgan fingerprint density at radius 3 is 2.55 bits per heavy atom. The van der Waals surface area contributed by atoms with Crippen molar-refractivity contribution in [1.82, 2.24) is 4.90 Å². The summed E-state index contributed by atoms with van der Waals surface area (Å²) < 4.78 is 1.84. The molecule has 2 rings (SSSR count). The summed E-state index contributed by atoms with van der Waals surface area (Å²) in [6, 6.07) is 13.1. The summed E-state index contributed by atoms with van der Waals surface area (Å²) >= 11 is 12.9. The molecule has 0 fully saturated rings. The Bertz CT molecular complexity index is 646. The van der Waals surface area contributed by atoms with Gasteiger partial charge in [0.05, 0.1) is 10.6 Å². The summed E-state index contributed by atoms with van der Waals surface area (Å²) in [5.41, 5.74) is 1.56. The zero-order chi connectivity index (χ0) is 14.7. The zero-order valence-electron chi connectivity index (χ0n) is 10.7. The van der Waals surface area contributed by atoms with E-state index in [-0.39, 0.29) is 5.91 Å². The van der Waals surface area contributed by atoms with Crippen LogP contribution < -0.4 is 0 Å². The van der Waals surface area contributed by atoms with Gasteiger partial charge < -0.3 is 4.90 Å². The lowest BCUT2D eigenvalue weighted by Gasteiger charge is -2.19. The maximum absolute atomic E-state index is 12.4. The molecule has 0 aromatic heterocycles. The van der Waals surface area contributed by atoms with Crippen molar-refractivity contribution in [3.8, 4) is 0 Å². The number of benzene rings is 2. The molecule has 5 heteroatoms. The lowest BCUT2D eigenvalue weighted by Crippen LogP contribution is -2.26. The molecule has 0 heterocycles. The molecule has 1 amide bonds. The van der Waals surface area contributed by atoms with Crippen LogP contribution in [0.25, 0.3) is 0 Å². The molecule has 2 aromatic rings. The minimum absolute atomic E-state index is 0.0988. The van der Waals surface area contributed by atoms with Crippen molar-refractivity contribution in [2.45, 2.75) is 6.54 Å². The molecule has 20 heavy (non-hydrogen) atoms. The smallest absolute Gasteiger partial charge is 0.255 e. The van der Waals surface area contributed by atoms with Gasteiger partial charge in [0.15, 0.2) is 0 Å². The first-order chi connectivity index (χ1) is 9.49. The molecule has 0 aliphatic rings. The number of amides is 1. The van der Waals surface area contributed by atoms with E-state index in [0.717, 1.165) is 14.5 Å². The fourth-order valence-electron chi connectivity index (χ4n) is 1.82.